The Morgan fingerprint density at radius 1 is 1.26 bits per heavy atom. The number of nitrogens with zero attached hydrogens (tertiary/aromatic N) is 2. The van der Waals surface area contributed by atoms with E-state index in [0.717, 1.165) is 18.5 Å². The van der Waals surface area contributed by atoms with Crippen molar-refractivity contribution in [1.29, 1.82) is 0 Å². The van der Waals surface area contributed by atoms with Crippen LogP contribution in [0.25, 0.3) is 0 Å². The second kappa shape index (κ2) is 7.28. The van der Waals surface area contributed by atoms with Gasteiger partial charge in [0.2, 0.25) is 0 Å². The highest BCUT2D eigenvalue weighted by atomic mass is 19.4. The molecule has 0 spiro atoms. The molecule has 7 heteroatoms. The van der Waals surface area contributed by atoms with Crippen molar-refractivity contribution in [3.63, 3.8) is 0 Å². The summed E-state index contributed by atoms with van der Waals surface area (Å²) in [4.78, 5) is 8.29. The molecule has 108 valence electrons. The number of aromatic nitrogens is 2. The fourth-order valence-corrected chi connectivity index (χ4v) is 1.53. The van der Waals surface area contributed by atoms with Gasteiger partial charge in [0.15, 0.2) is 5.82 Å². The van der Waals surface area contributed by atoms with Gasteiger partial charge in [0.1, 0.15) is 19.0 Å². The Kier molecular flexibility index (Phi) is 6.01. The summed E-state index contributed by atoms with van der Waals surface area (Å²) in [5.74, 6) is 0.887. The van der Waals surface area contributed by atoms with Crippen molar-refractivity contribution in [1.82, 2.24) is 9.97 Å². The van der Waals surface area contributed by atoms with Crippen LogP contribution in [0.3, 0.4) is 0 Å². The summed E-state index contributed by atoms with van der Waals surface area (Å²) in [7, 11) is 0. The number of alkyl halides is 3. The monoisotopic (exact) mass is 277 g/mol. The lowest BCUT2D eigenvalue weighted by Gasteiger charge is -2.10. The second-order valence-electron chi connectivity index (χ2n) is 4.05. The van der Waals surface area contributed by atoms with E-state index in [9.17, 15) is 13.2 Å². The van der Waals surface area contributed by atoms with E-state index in [0.29, 0.717) is 12.4 Å². The first kappa shape index (κ1) is 15.7. The molecule has 0 fully saturated rings. The summed E-state index contributed by atoms with van der Waals surface area (Å²) in [6, 6.07) is 1.81. The van der Waals surface area contributed by atoms with Crippen molar-refractivity contribution >= 4 is 5.82 Å². The predicted molar refractivity (Wildman–Crippen MR) is 65.9 cm³/mol. The third kappa shape index (κ3) is 6.37. The maximum Gasteiger partial charge on any atom is 0.411 e. The summed E-state index contributed by atoms with van der Waals surface area (Å²) in [5.41, 5.74) is 0.805. The second-order valence-corrected chi connectivity index (χ2v) is 4.05. The minimum atomic E-state index is -4.33. The molecule has 0 radical (unpaired) electrons. The molecule has 1 heterocycles. The van der Waals surface area contributed by atoms with E-state index >= 15 is 0 Å². The van der Waals surface area contributed by atoms with Crippen molar-refractivity contribution < 1.29 is 17.9 Å². The number of halogens is 3. The Morgan fingerprint density at radius 2 is 2.00 bits per heavy atom. The fourth-order valence-electron chi connectivity index (χ4n) is 1.53. The van der Waals surface area contributed by atoms with Crippen LogP contribution in [0.15, 0.2) is 6.07 Å². The molecule has 0 aromatic carbocycles. The Hall–Kier alpha value is -1.37. The molecule has 0 unspecified atom stereocenters. The largest absolute Gasteiger partial charge is 0.411 e. The molecule has 19 heavy (non-hydrogen) atoms. The molecule has 0 aliphatic rings. The van der Waals surface area contributed by atoms with Crippen LogP contribution in [0.4, 0.5) is 19.0 Å². The minimum Gasteiger partial charge on any atom is -0.370 e. The molecule has 1 rings (SSSR count). The third-order valence-corrected chi connectivity index (χ3v) is 2.19. The van der Waals surface area contributed by atoms with Crippen molar-refractivity contribution in [2.24, 2.45) is 0 Å². The van der Waals surface area contributed by atoms with Gasteiger partial charge in [-0.15, -0.1) is 0 Å². The van der Waals surface area contributed by atoms with Gasteiger partial charge in [0, 0.05) is 18.3 Å². The van der Waals surface area contributed by atoms with E-state index in [-0.39, 0.29) is 12.4 Å². The molecular weight excluding hydrogens is 259 g/mol. The van der Waals surface area contributed by atoms with Crippen LogP contribution in [0, 0.1) is 0 Å². The summed E-state index contributed by atoms with van der Waals surface area (Å²) < 4.78 is 40.5. The first-order valence-corrected chi connectivity index (χ1v) is 6.19. The maximum absolute atomic E-state index is 12.0. The number of nitrogens with one attached hydrogen (secondary N) is 1. The molecule has 4 nitrogen and oxygen atoms in total. The van der Waals surface area contributed by atoms with Gasteiger partial charge in [-0.2, -0.15) is 13.2 Å². The van der Waals surface area contributed by atoms with E-state index in [1.165, 1.54) is 0 Å². The summed E-state index contributed by atoms with van der Waals surface area (Å²) in [5, 5.41) is 3.02. The number of anilines is 1. The highest BCUT2D eigenvalue weighted by molar-refractivity contribution is 5.35. The van der Waals surface area contributed by atoms with Gasteiger partial charge >= 0.3 is 6.18 Å². The van der Waals surface area contributed by atoms with E-state index < -0.39 is 12.8 Å². The van der Waals surface area contributed by atoms with Gasteiger partial charge in [-0.1, -0.05) is 13.3 Å². The quantitative estimate of drug-likeness (QED) is 0.832. The first-order chi connectivity index (χ1) is 8.94. The average Bonchev–Trinajstić information content (AvgIpc) is 2.28. The topological polar surface area (TPSA) is 47.0 Å². The lowest BCUT2D eigenvalue weighted by Crippen LogP contribution is -2.17. The summed E-state index contributed by atoms with van der Waals surface area (Å²) in [6.07, 6.45) is -2.66. The summed E-state index contributed by atoms with van der Waals surface area (Å²) in [6.45, 7) is 3.09. The molecule has 1 aromatic rings. The highest BCUT2D eigenvalue weighted by Crippen LogP contribution is 2.15. The molecule has 0 saturated heterocycles. The Bertz CT molecular complexity index is 372. The van der Waals surface area contributed by atoms with Gasteiger partial charge in [-0.05, 0) is 13.3 Å². The molecule has 0 saturated carbocycles. The van der Waals surface area contributed by atoms with Gasteiger partial charge in [0.05, 0.1) is 0 Å². The van der Waals surface area contributed by atoms with Gasteiger partial charge in [0.25, 0.3) is 0 Å². The number of ether oxygens (including phenoxy) is 1. The normalized spacial score (nSPS) is 11.6. The molecule has 0 aliphatic carbocycles. The Morgan fingerprint density at radius 3 is 2.58 bits per heavy atom. The van der Waals surface area contributed by atoms with E-state index in [2.05, 4.69) is 20.0 Å². The molecule has 1 N–H and O–H groups in total. The van der Waals surface area contributed by atoms with Gasteiger partial charge in [-0.25, -0.2) is 9.97 Å². The van der Waals surface area contributed by atoms with Crippen LogP contribution < -0.4 is 5.32 Å². The number of hydrogen-bond acceptors (Lipinski definition) is 4. The van der Waals surface area contributed by atoms with Crippen molar-refractivity contribution in [2.45, 2.75) is 39.5 Å². The first-order valence-electron chi connectivity index (χ1n) is 6.19. The zero-order chi connectivity index (χ0) is 14.3. The average molecular weight is 277 g/mol. The van der Waals surface area contributed by atoms with Crippen LogP contribution in [0.2, 0.25) is 0 Å². The van der Waals surface area contributed by atoms with Crippen molar-refractivity contribution in [3.8, 4) is 0 Å². The Labute approximate surface area is 110 Å². The zero-order valence-electron chi connectivity index (χ0n) is 11.0. The molecular formula is C12H18F3N3O. The van der Waals surface area contributed by atoms with E-state index in [4.69, 9.17) is 0 Å². The third-order valence-electron chi connectivity index (χ3n) is 2.19. The predicted octanol–water partition coefficient (Wildman–Crippen LogP) is 2.94. The Balaban J connectivity index is 2.69. The van der Waals surface area contributed by atoms with Gasteiger partial charge < -0.3 is 10.1 Å². The SMILES string of the molecule is CCCc1cc(NCC)nc(COCC(F)(F)F)n1. The lowest BCUT2D eigenvalue weighted by atomic mass is 10.2. The minimum absolute atomic E-state index is 0.241. The van der Waals surface area contributed by atoms with E-state index in [1.807, 2.05) is 13.8 Å². The van der Waals surface area contributed by atoms with Crippen molar-refractivity contribution in [3.05, 3.63) is 17.6 Å². The highest BCUT2D eigenvalue weighted by Gasteiger charge is 2.27. The number of rotatable bonds is 7. The number of hydrogen-bond donors (Lipinski definition) is 1. The van der Waals surface area contributed by atoms with Crippen molar-refractivity contribution in [2.75, 3.05) is 18.5 Å². The standard InChI is InChI=1S/C12H18F3N3O/c1-3-5-9-6-10(16-4-2)18-11(17-9)7-19-8-12(13,14)15/h6H,3-5,7-8H2,1-2H3,(H,16,17,18). The molecule has 0 bridgehead atoms. The molecule has 0 aliphatic heterocycles. The van der Waals surface area contributed by atoms with Crippen LogP contribution in [-0.4, -0.2) is 29.3 Å². The number of aryl methyl sites for hydroxylation is 1. The smallest absolute Gasteiger partial charge is 0.370 e. The fraction of sp³-hybridized carbons (Fsp3) is 0.667. The van der Waals surface area contributed by atoms with Crippen LogP contribution in [0.1, 0.15) is 31.8 Å². The molecule has 0 amide bonds. The zero-order valence-corrected chi connectivity index (χ0v) is 11.0. The van der Waals surface area contributed by atoms with Crippen LogP contribution in [-0.2, 0) is 17.8 Å². The molecule has 1 aromatic heterocycles. The van der Waals surface area contributed by atoms with Crippen LogP contribution >= 0.6 is 0 Å². The van der Waals surface area contributed by atoms with E-state index in [1.54, 1.807) is 6.07 Å². The summed E-state index contributed by atoms with van der Waals surface area (Å²) >= 11 is 0. The maximum atomic E-state index is 12.0. The van der Waals surface area contributed by atoms with Gasteiger partial charge in [-0.3, -0.25) is 0 Å². The lowest BCUT2D eigenvalue weighted by molar-refractivity contribution is -0.177. The van der Waals surface area contributed by atoms with Crippen LogP contribution in [0.5, 0.6) is 0 Å². The molecule has 0 atom stereocenters.